The zero-order chi connectivity index (χ0) is 16.4. The third-order valence-electron chi connectivity index (χ3n) is 3.13. The van der Waals surface area contributed by atoms with Crippen LogP contribution in [0.25, 0.3) is 6.08 Å². The average molecular weight is 378 g/mol. The molecular formula is C16H12BrNO5. The molecule has 1 aromatic carbocycles. The summed E-state index contributed by atoms with van der Waals surface area (Å²) in [5, 5.41) is 0. The number of hydrogen-bond donors (Lipinski definition) is 0. The second-order valence-electron chi connectivity index (χ2n) is 4.52. The molecule has 2 aromatic rings. The van der Waals surface area contributed by atoms with Crippen LogP contribution in [-0.2, 0) is 9.53 Å². The Balaban J connectivity index is 2.00. The molecule has 118 valence electrons. The maximum Gasteiger partial charge on any atom is 0.363 e. The Bertz CT molecular complexity index is 822. The first-order chi connectivity index (χ1) is 11.1. The van der Waals surface area contributed by atoms with Crippen LogP contribution in [0.2, 0.25) is 0 Å². The van der Waals surface area contributed by atoms with E-state index in [4.69, 9.17) is 18.6 Å². The number of aliphatic imine (C=N–C) groups is 1. The van der Waals surface area contributed by atoms with Gasteiger partial charge in [0.25, 0.3) is 5.90 Å². The molecule has 1 aromatic heterocycles. The van der Waals surface area contributed by atoms with Gasteiger partial charge in [-0.15, -0.1) is 0 Å². The summed E-state index contributed by atoms with van der Waals surface area (Å²) in [6.07, 6.45) is 1.58. The Morgan fingerprint density at radius 2 is 2.00 bits per heavy atom. The van der Waals surface area contributed by atoms with Crippen molar-refractivity contribution >= 4 is 33.9 Å². The van der Waals surface area contributed by atoms with Gasteiger partial charge in [0.1, 0.15) is 0 Å². The molecule has 1 aliphatic rings. The molecule has 1 aliphatic heterocycles. The van der Waals surface area contributed by atoms with Crippen molar-refractivity contribution in [3.63, 3.8) is 0 Å². The molecule has 0 bridgehead atoms. The molecule has 2 heterocycles. The van der Waals surface area contributed by atoms with Crippen molar-refractivity contribution in [2.24, 2.45) is 4.99 Å². The molecule has 3 rings (SSSR count). The lowest BCUT2D eigenvalue weighted by Gasteiger charge is -2.09. The Morgan fingerprint density at radius 3 is 2.65 bits per heavy atom. The van der Waals surface area contributed by atoms with Crippen molar-refractivity contribution < 1.29 is 23.4 Å². The molecule has 7 heteroatoms. The Labute approximate surface area is 140 Å². The van der Waals surface area contributed by atoms with Gasteiger partial charge >= 0.3 is 5.97 Å². The Hall–Kier alpha value is -2.54. The van der Waals surface area contributed by atoms with Gasteiger partial charge in [-0.3, -0.25) is 0 Å². The van der Waals surface area contributed by atoms with Crippen molar-refractivity contribution in [1.82, 2.24) is 0 Å². The number of ether oxygens (including phenoxy) is 3. The first-order valence-electron chi connectivity index (χ1n) is 6.61. The van der Waals surface area contributed by atoms with Crippen molar-refractivity contribution in [3.8, 4) is 11.5 Å². The molecule has 0 amide bonds. The van der Waals surface area contributed by atoms with Gasteiger partial charge in [-0.25, -0.2) is 9.79 Å². The summed E-state index contributed by atoms with van der Waals surface area (Å²) in [5.41, 5.74) is 0.809. The van der Waals surface area contributed by atoms with Crippen LogP contribution in [0.3, 0.4) is 0 Å². The van der Waals surface area contributed by atoms with E-state index in [2.05, 4.69) is 20.9 Å². The molecule has 0 radical (unpaired) electrons. The smallest absolute Gasteiger partial charge is 0.363 e. The number of carbonyl (C=O) groups is 1. The molecule has 0 unspecified atom stereocenters. The second kappa shape index (κ2) is 6.29. The summed E-state index contributed by atoms with van der Waals surface area (Å²) >= 11 is 3.19. The summed E-state index contributed by atoms with van der Waals surface area (Å²) in [6.45, 7) is 0. The van der Waals surface area contributed by atoms with E-state index in [9.17, 15) is 4.79 Å². The van der Waals surface area contributed by atoms with Crippen LogP contribution in [0.1, 0.15) is 11.3 Å². The summed E-state index contributed by atoms with van der Waals surface area (Å²) < 4.78 is 21.6. The highest BCUT2D eigenvalue weighted by Crippen LogP contribution is 2.33. The number of rotatable bonds is 4. The van der Waals surface area contributed by atoms with Crippen LogP contribution < -0.4 is 9.47 Å². The molecule has 0 spiro atoms. The Morgan fingerprint density at radius 1 is 1.17 bits per heavy atom. The minimum absolute atomic E-state index is 0.119. The molecule has 0 saturated carbocycles. The SMILES string of the molecule is COc1cccc(/C=C2/N=C(c3ccc(Br)o3)OC2=O)c1OC. The highest BCUT2D eigenvalue weighted by molar-refractivity contribution is 9.10. The number of hydrogen-bond acceptors (Lipinski definition) is 6. The van der Waals surface area contributed by atoms with Gasteiger partial charge in [-0.05, 0) is 40.2 Å². The standard InChI is InChI=1S/C16H12BrNO5/c1-20-11-5-3-4-9(14(11)21-2)8-10-16(19)23-15(18-10)12-6-7-13(17)22-12/h3-8H,1-2H3/b10-8+. The zero-order valence-electron chi connectivity index (χ0n) is 12.3. The van der Waals surface area contributed by atoms with Crippen LogP contribution in [0.5, 0.6) is 11.5 Å². The molecule has 0 atom stereocenters. The topological polar surface area (TPSA) is 70.3 Å². The molecule has 0 N–H and O–H groups in total. The third-order valence-corrected chi connectivity index (χ3v) is 3.56. The molecule has 6 nitrogen and oxygen atoms in total. The van der Waals surface area contributed by atoms with Crippen molar-refractivity contribution in [2.75, 3.05) is 14.2 Å². The summed E-state index contributed by atoms with van der Waals surface area (Å²) in [4.78, 5) is 16.2. The number of cyclic esters (lactones) is 1. The Kier molecular flexibility index (Phi) is 4.20. The minimum atomic E-state index is -0.558. The average Bonchev–Trinajstić information content (AvgIpc) is 3.13. The fourth-order valence-electron chi connectivity index (χ4n) is 2.12. The predicted octanol–water partition coefficient (Wildman–Crippen LogP) is 3.40. The number of halogens is 1. The zero-order valence-corrected chi connectivity index (χ0v) is 13.9. The lowest BCUT2D eigenvalue weighted by Crippen LogP contribution is -2.04. The van der Waals surface area contributed by atoms with Crippen molar-refractivity contribution in [1.29, 1.82) is 0 Å². The van der Waals surface area contributed by atoms with Gasteiger partial charge in [-0.2, -0.15) is 0 Å². The number of benzene rings is 1. The van der Waals surface area contributed by atoms with Gasteiger partial charge in [0.05, 0.1) is 14.2 Å². The maximum atomic E-state index is 12.0. The van der Waals surface area contributed by atoms with Gasteiger partial charge in [0.2, 0.25) is 0 Å². The second-order valence-corrected chi connectivity index (χ2v) is 5.30. The minimum Gasteiger partial charge on any atom is -0.493 e. The number of furan rings is 1. The first-order valence-corrected chi connectivity index (χ1v) is 7.41. The predicted molar refractivity (Wildman–Crippen MR) is 86.6 cm³/mol. The van der Waals surface area contributed by atoms with Crippen LogP contribution in [0.4, 0.5) is 0 Å². The molecule has 0 saturated heterocycles. The summed E-state index contributed by atoms with van der Waals surface area (Å²) in [5.74, 6) is 1.00. The third kappa shape index (κ3) is 3.00. The molecule has 0 fully saturated rings. The van der Waals surface area contributed by atoms with E-state index in [0.29, 0.717) is 27.5 Å². The van der Waals surface area contributed by atoms with E-state index >= 15 is 0 Å². The lowest BCUT2D eigenvalue weighted by atomic mass is 10.1. The van der Waals surface area contributed by atoms with E-state index in [0.717, 1.165) is 0 Å². The fraction of sp³-hybridized carbons (Fsp3) is 0.125. The molecular weight excluding hydrogens is 366 g/mol. The van der Waals surface area contributed by atoms with E-state index in [-0.39, 0.29) is 11.6 Å². The monoisotopic (exact) mass is 377 g/mol. The van der Waals surface area contributed by atoms with Gasteiger partial charge in [0, 0.05) is 5.56 Å². The van der Waals surface area contributed by atoms with E-state index in [1.807, 2.05) is 0 Å². The lowest BCUT2D eigenvalue weighted by molar-refractivity contribution is -0.130. The van der Waals surface area contributed by atoms with E-state index in [1.54, 1.807) is 43.5 Å². The summed E-state index contributed by atoms with van der Waals surface area (Å²) in [6, 6.07) is 8.70. The first kappa shape index (κ1) is 15.4. The van der Waals surface area contributed by atoms with Gasteiger partial charge in [-0.1, -0.05) is 12.1 Å². The van der Waals surface area contributed by atoms with Gasteiger partial charge < -0.3 is 18.6 Å². The van der Waals surface area contributed by atoms with E-state index in [1.165, 1.54) is 7.11 Å². The highest BCUT2D eigenvalue weighted by atomic mass is 79.9. The fourth-order valence-corrected chi connectivity index (χ4v) is 2.42. The van der Waals surface area contributed by atoms with Gasteiger partial charge in [0.15, 0.2) is 27.6 Å². The highest BCUT2D eigenvalue weighted by Gasteiger charge is 2.26. The normalized spacial score (nSPS) is 15.5. The number of nitrogens with zero attached hydrogens (tertiary/aromatic N) is 1. The summed E-state index contributed by atoms with van der Waals surface area (Å²) in [7, 11) is 3.07. The quantitative estimate of drug-likeness (QED) is 0.603. The number of para-hydroxylation sites is 1. The number of methoxy groups -OCH3 is 2. The van der Waals surface area contributed by atoms with E-state index < -0.39 is 5.97 Å². The van der Waals surface area contributed by atoms with Crippen LogP contribution >= 0.6 is 15.9 Å². The van der Waals surface area contributed by atoms with Crippen LogP contribution in [-0.4, -0.2) is 26.1 Å². The molecule has 0 aliphatic carbocycles. The number of carbonyl (C=O) groups excluding carboxylic acids is 1. The largest absolute Gasteiger partial charge is 0.493 e. The van der Waals surface area contributed by atoms with Crippen molar-refractivity contribution in [2.45, 2.75) is 0 Å². The van der Waals surface area contributed by atoms with Crippen LogP contribution in [0, 0.1) is 0 Å². The number of esters is 1. The molecule has 23 heavy (non-hydrogen) atoms. The maximum absolute atomic E-state index is 12.0. The van der Waals surface area contributed by atoms with Crippen LogP contribution in [0.15, 0.2) is 50.1 Å². The van der Waals surface area contributed by atoms with Crippen molar-refractivity contribution in [3.05, 3.63) is 52.0 Å².